The molecule has 4 heteroatoms. The van der Waals surface area contributed by atoms with Crippen molar-refractivity contribution >= 4 is 11.6 Å². The summed E-state index contributed by atoms with van der Waals surface area (Å²) in [5.41, 5.74) is 0.535. The van der Waals surface area contributed by atoms with Gasteiger partial charge in [0.1, 0.15) is 0 Å². The summed E-state index contributed by atoms with van der Waals surface area (Å²) in [6.07, 6.45) is 7.40. The minimum Gasteiger partial charge on any atom is -0.395 e. The largest absolute Gasteiger partial charge is 0.395 e. The van der Waals surface area contributed by atoms with Crippen LogP contribution in [0.25, 0.3) is 0 Å². The van der Waals surface area contributed by atoms with Crippen LogP contribution >= 0.6 is 11.6 Å². The maximum absolute atomic E-state index is 9.47. The van der Waals surface area contributed by atoms with E-state index in [0.717, 1.165) is 31.4 Å². The summed E-state index contributed by atoms with van der Waals surface area (Å²) >= 11 is 5.99. The lowest BCUT2D eigenvalue weighted by atomic mass is 9.84. The molecule has 1 heterocycles. The van der Waals surface area contributed by atoms with E-state index in [1.165, 1.54) is 0 Å². The fraction of sp³-hybridized carbons (Fsp3) is 0.600. The summed E-state index contributed by atoms with van der Waals surface area (Å²) < 4.78 is 0. The fourth-order valence-electron chi connectivity index (χ4n) is 2.20. The van der Waals surface area contributed by atoms with Gasteiger partial charge in [0.25, 0.3) is 0 Å². The zero-order valence-electron chi connectivity index (χ0n) is 7.91. The molecule has 1 N–H and O–H groups in total. The third-order valence-corrected chi connectivity index (χ3v) is 3.30. The molecular weight excluding hydrogens is 200 g/mol. The van der Waals surface area contributed by atoms with Crippen molar-refractivity contribution in [3.63, 3.8) is 0 Å². The zero-order valence-corrected chi connectivity index (χ0v) is 8.67. The van der Waals surface area contributed by atoms with Gasteiger partial charge in [-0.1, -0.05) is 24.4 Å². The standard InChI is InChI=1S/C10H13ClN2O/c11-9-8(12-5-6-13-9)10(7-14)3-1-2-4-10/h5-6,14H,1-4,7H2. The first-order valence-electron chi connectivity index (χ1n) is 4.86. The highest BCUT2D eigenvalue weighted by Crippen LogP contribution is 2.41. The molecule has 0 amide bonds. The molecule has 0 radical (unpaired) electrons. The highest BCUT2D eigenvalue weighted by molar-refractivity contribution is 6.30. The van der Waals surface area contributed by atoms with Crippen molar-refractivity contribution < 1.29 is 5.11 Å². The number of rotatable bonds is 2. The first kappa shape index (κ1) is 9.87. The Hall–Kier alpha value is -0.670. The topological polar surface area (TPSA) is 46.0 Å². The first-order chi connectivity index (χ1) is 6.78. The van der Waals surface area contributed by atoms with Crippen molar-refractivity contribution in [1.29, 1.82) is 0 Å². The van der Waals surface area contributed by atoms with Crippen LogP contribution in [0.5, 0.6) is 0 Å². The van der Waals surface area contributed by atoms with Gasteiger partial charge in [0.15, 0.2) is 5.15 Å². The van der Waals surface area contributed by atoms with Gasteiger partial charge >= 0.3 is 0 Å². The Morgan fingerprint density at radius 2 is 1.93 bits per heavy atom. The van der Waals surface area contributed by atoms with Crippen LogP contribution in [0.15, 0.2) is 12.4 Å². The monoisotopic (exact) mass is 212 g/mol. The lowest BCUT2D eigenvalue weighted by Crippen LogP contribution is -2.28. The number of aromatic nitrogens is 2. The molecule has 76 valence electrons. The van der Waals surface area contributed by atoms with Gasteiger partial charge in [-0.05, 0) is 12.8 Å². The zero-order chi connectivity index (χ0) is 10.0. The number of hydrogen-bond donors (Lipinski definition) is 1. The molecule has 0 aromatic carbocycles. The van der Waals surface area contributed by atoms with Crippen LogP contribution < -0.4 is 0 Å². The molecule has 0 bridgehead atoms. The van der Waals surface area contributed by atoms with Crippen molar-refractivity contribution in [3.8, 4) is 0 Å². The minimum atomic E-state index is -0.231. The van der Waals surface area contributed by atoms with E-state index in [4.69, 9.17) is 11.6 Å². The molecule has 2 rings (SSSR count). The second kappa shape index (κ2) is 3.83. The molecule has 1 fully saturated rings. The van der Waals surface area contributed by atoms with Crippen LogP contribution in [0.3, 0.4) is 0 Å². The highest BCUT2D eigenvalue weighted by Gasteiger charge is 2.38. The van der Waals surface area contributed by atoms with E-state index in [-0.39, 0.29) is 12.0 Å². The smallest absolute Gasteiger partial charge is 0.151 e. The molecule has 0 saturated heterocycles. The molecule has 3 nitrogen and oxygen atoms in total. The van der Waals surface area contributed by atoms with Crippen LogP contribution in [0.2, 0.25) is 5.15 Å². The summed E-state index contributed by atoms with van der Waals surface area (Å²) in [4.78, 5) is 8.26. The predicted molar refractivity (Wildman–Crippen MR) is 54.3 cm³/mol. The Morgan fingerprint density at radius 1 is 1.29 bits per heavy atom. The molecule has 1 aliphatic rings. The van der Waals surface area contributed by atoms with Gasteiger partial charge in [-0.25, -0.2) is 4.98 Å². The van der Waals surface area contributed by atoms with Crippen LogP contribution in [-0.4, -0.2) is 21.7 Å². The number of halogens is 1. The Bertz CT molecular complexity index is 324. The van der Waals surface area contributed by atoms with E-state index in [2.05, 4.69) is 9.97 Å². The Labute approximate surface area is 88.2 Å². The second-order valence-electron chi connectivity index (χ2n) is 3.84. The molecular formula is C10H13ClN2O. The van der Waals surface area contributed by atoms with Crippen molar-refractivity contribution in [2.24, 2.45) is 0 Å². The fourth-order valence-corrected chi connectivity index (χ4v) is 2.50. The van der Waals surface area contributed by atoms with Crippen LogP contribution in [0.4, 0.5) is 0 Å². The van der Waals surface area contributed by atoms with Crippen molar-refractivity contribution in [1.82, 2.24) is 9.97 Å². The molecule has 0 aliphatic heterocycles. The third-order valence-electron chi connectivity index (χ3n) is 3.02. The van der Waals surface area contributed by atoms with E-state index in [1.54, 1.807) is 12.4 Å². The molecule has 1 saturated carbocycles. The molecule has 0 spiro atoms. The maximum atomic E-state index is 9.47. The number of aliphatic hydroxyl groups is 1. The number of hydrogen-bond acceptors (Lipinski definition) is 3. The maximum Gasteiger partial charge on any atom is 0.151 e. The summed E-state index contributed by atoms with van der Waals surface area (Å²) in [6.45, 7) is 0.116. The van der Waals surface area contributed by atoms with Gasteiger partial charge in [-0.3, -0.25) is 4.98 Å². The van der Waals surface area contributed by atoms with E-state index in [9.17, 15) is 5.11 Å². The normalized spacial score (nSPS) is 19.9. The summed E-state index contributed by atoms with van der Waals surface area (Å²) in [7, 11) is 0. The summed E-state index contributed by atoms with van der Waals surface area (Å²) in [5.74, 6) is 0. The van der Waals surface area contributed by atoms with E-state index >= 15 is 0 Å². The average Bonchev–Trinajstić information content (AvgIpc) is 2.68. The first-order valence-corrected chi connectivity index (χ1v) is 5.24. The molecule has 0 atom stereocenters. The minimum absolute atomic E-state index is 0.116. The Balaban J connectivity index is 2.41. The van der Waals surface area contributed by atoms with Gasteiger partial charge in [0, 0.05) is 17.8 Å². The van der Waals surface area contributed by atoms with Crippen LogP contribution in [0.1, 0.15) is 31.4 Å². The van der Waals surface area contributed by atoms with Crippen molar-refractivity contribution in [2.45, 2.75) is 31.1 Å². The molecule has 1 aromatic heterocycles. The number of nitrogens with zero attached hydrogens (tertiary/aromatic N) is 2. The highest BCUT2D eigenvalue weighted by atomic mass is 35.5. The quantitative estimate of drug-likeness (QED) is 0.815. The van der Waals surface area contributed by atoms with E-state index in [0.29, 0.717) is 5.15 Å². The lowest BCUT2D eigenvalue weighted by molar-refractivity contribution is 0.192. The SMILES string of the molecule is OCC1(c2nccnc2Cl)CCCC1. The van der Waals surface area contributed by atoms with Crippen molar-refractivity contribution in [2.75, 3.05) is 6.61 Å². The molecule has 1 aromatic rings. The van der Waals surface area contributed by atoms with Gasteiger partial charge in [0.2, 0.25) is 0 Å². The Morgan fingerprint density at radius 3 is 2.50 bits per heavy atom. The van der Waals surface area contributed by atoms with Gasteiger partial charge in [-0.15, -0.1) is 0 Å². The number of aliphatic hydroxyl groups excluding tert-OH is 1. The summed E-state index contributed by atoms with van der Waals surface area (Å²) in [6, 6.07) is 0. The van der Waals surface area contributed by atoms with Gasteiger partial charge < -0.3 is 5.11 Å². The van der Waals surface area contributed by atoms with Gasteiger partial charge in [-0.2, -0.15) is 0 Å². The van der Waals surface area contributed by atoms with Gasteiger partial charge in [0.05, 0.1) is 12.3 Å². The average molecular weight is 213 g/mol. The predicted octanol–water partition coefficient (Wildman–Crippen LogP) is 1.93. The van der Waals surface area contributed by atoms with Crippen LogP contribution in [0, 0.1) is 0 Å². The third kappa shape index (κ3) is 1.51. The summed E-state index contributed by atoms with van der Waals surface area (Å²) in [5, 5.41) is 9.90. The molecule has 0 unspecified atom stereocenters. The van der Waals surface area contributed by atoms with E-state index < -0.39 is 0 Å². The van der Waals surface area contributed by atoms with Crippen LogP contribution in [-0.2, 0) is 5.41 Å². The molecule has 1 aliphatic carbocycles. The second-order valence-corrected chi connectivity index (χ2v) is 4.20. The lowest BCUT2D eigenvalue weighted by Gasteiger charge is -2.25. The molecule has 14 heavy (non-hydrogen) atoms. The van der Waals surface area contributed by atoms with E-state index in [1.807, 2.05) is 0 Å². The van der Waals surface area contributed by atoms with Crippen molar-refractivity contribution in [3.05, 3.63) is 23.2 Å². The Kier molecular flexibility index (Phi) is 2.70.